The van der Waals surface area contributed by atoms with Crippen molar-refractivity contribution in [3.8, 4) is 16.3 Å². The number of nitrogens with one attached hydrogen (secondary N) is 2. The van der Waals surface area contributed by atoms with Crippen LogP contribution in [0.3, 0.4) is 0 Å². The van der Waals surface area contributed by atoms with E-state index in [0.29, 0.717) is 37.7 Å². The number of nitrogens with zero attached hydrogens (tertiary/aromatic N) is 4. The number of hydrogen-bond donors (Lipinski definition) is 2. The Balaban J connectivity index is 1.52. The Labute approximate surface area is 205 Å². The molecule has 2 N–H and O–H groups in total. The largest absolute Gasteiger partial charge is 0.495 e. The number of ether oxygens (including phenoxy) is 1. The van der Waals surface area contributed by atoms with Crippen molar-refractivity contribution >= 4 is 72.1 Å². The van der Waals surface area contributed by atoms with E-state index in [9.17, 15) is 4.79 Å². The number of methoxy groups -OCH3 is 1. The number of halogens is 2. The first-order chi connectivity index (χ1) is 15.4. The molecule has 1 amide bonds. The van der Waals surface area contributed by atoms with Crippen LogP contribution >= 0.6 is 50.2 Å². The van der Waals surface area contributed by atoms with Crippen molar-refractivity contribution in [1.82, 2.24) is 19.7 Å². The van der Waals surface area contributed by atoms with E-state index in [1.54, 1.807) is 36.2 Å². The number of aryl methyl sites for hydroxylation is 2. The van der Waals surface area contributed by atoms with Crippen molar-refractivity contribution in [3.05, 3.63) is 50.7 Å². The molecule has 0 aliphatic heterocycles. The fourth-order valence-electron chi connectivity index (χ4n) is 2.89. The topological polar surface area (TPSA) is 94.0 Å². The second kappa shape index (κ2) is 9.57. The molecule has 8 nitrogen and oxygen atoms in total. The number of hydrogen-bond acceptors (Lipinski definition) is 8. The van der Waals surface area contributed by atoms with Gasteiger partial charge in [0.05, 0.1) is 33.5 Å². The molecule has 32 heavy (non-hydrogen) atoms. The van der Waals surface area contributed by atoms with Crippen molar-refractivity contribution in [3.63, 3.8) is 0 Å². The predicted molar refractivity (Wildman–Crippen MR) is 133 cm³/mol. The van der Waals surface area contributed by atoms with Crippen LogP contribution in [-0.2, 0) is 6.54 Å². The highest BCUT2D eigenvalue weighted by Crippen LogP contribution is 2.37. The van der Waals surface area contributed by atoms with E-state index in [2.05, 4.69) is 41.6 Å². The summed E-state index contributed by atoms with van der Waals surface area (Å²) < 4.78 is 7.70. The lowest BCUT2D eigenvalue weighted by atomic mass is 10.3. The number of anilines is 3. The fraction of sp³-hybridized carbons (Fsp3) is 0.200. The molecule has 3 heterocycles. The first kappa shape index (κ1) is 22.7. The average molecular weight is 554 g/mol. The van der Waals surface area contributed by atoms with Crippen LogP contribution in [-0.4, -0.2) is 32.8 Å². The van der Waals surface area contributed by atoms with Crippen LogP contribution in [0.2, 0.25) is 5.02 Å². The first-order valence-corrected chi connectivity index (χ1v) is 12.3. The molecule has 3 aromatic heterocycles. The summed E-state index contributed by atoms with van der Waals surface area (Å²) in [6, 6.07) is 5.34. The third-order valence-electron chi connectivity index (χ3n) is 4.41. The lowest BCUT2D eigenvalue weighted by molar-refractivity contribution is 0.102. The predicted octanol–water partition coefficient (Wildman–Crippen LogP) is 6.21. The second-order valence-electron chi connectivity index (χ2n) is 6.58. The highest BCUT2D eigenvalue weighted by atomic mass is 79.9. The van der Waals surface area contributed by atoms with Crippen molar-refractivity contribution in [2.45, 2.75) is 20.4 Å². The molecule has 0 bridgehead atoms. The van der Waals surface area contributed by atoms with Crippen LogP contribution in [0.1, 0.15) is 23.1 Å². The Kier molecular flexibility index (Phi) is 6.79. The smallest absolute Gasteiger partial charge is 0.279 e. The lowest BCUT2D eigenvalue weighted by Gasteiger charge is -2.09. The summed E-state index contributed by atoms with van der Waals surface area (Å²) >= 11 is 12.3. The van der Waals surface area contributed by atoms with Gasteiger partial charge in [-0.15, -0.1) is 11.3 Å². The van der Waals surface area contributed by atoms with Gasteiger partial charge in [0, 0.05) is 23.1 Å². The van der Waals surface area contributed by atoms with Crippen LogP contribution in [0.25, 0.3) is 10.6 Å². The summed E-state index contributed by atoms with van der Waals surface area (Å²) in [6.07, 6.45) is 1.77. The monoisotopic (exact) mass is 552 g/mol. The maximum Gasteiger partial charge on any atom is 0.279 e. The third kappa shape index (κ3) is 4.80. The normalized spacial score (nSPS) is 10.9. The molecule has 0 aliphatic carbocycles. The van der Waals surface area contributed by atoms with Crippen molar-refractivity contribution in [1.29, 1.82) is 0 Å². The van der Waals surface area contributed by atoms with Crippen molar-refractivity contribution in [2.24, 2.45) is 0 Å². The minimum absolute atomic E-state index is 0.317. The van der Waals surface area contributed by atoms with Crippen LogP contribution in [0.4, 0.5) is 16.0 Å². The van der Waals surface area contributed by atoms with Gasteiger partial charge < -0.3 is 10.1 Å². The van der Waals surface area contributed by atoms with Crippen LogP contribution in [0, 0.1) is 6.92 Å². The number of rotatable bonds is 7. The molecule has 0 atom stereocenters. The fourth-order valence-corrected chi connectivity index (χ4v) is 5.26. The van der Waals surface area contributed by atoms with Crippen LogP contribution < -0.4 is 15.4 Å². The number of aromatic nitrogens is 4. The van der Waals surface area contributed by atoms with Crippen molar-refractivity contribution < 1.29 is 9.53 Å². The van der Waals surface area contributed by atoms with Gasteiger partial charge in [-0.05, 0) is 48.0 Å². The Morgan fingerprint density at radius 1 is 1.31 bits per heavy atom. The van der Waals surface area contributed by atoms with Gasteiger partial charge in [-0.3, -0.25) is 14.8 Å². The molecule has 0 radical (unpaired) electrons. The molecule has 4 rings (SSSR count). The summed E-state index contributed by atoms with van der Waals surface area (Å²) in [7, 11) is 1.60. The number of thiazole rings is 2. The Bertz CT molecular complexity index is 1290. The Hall–Kier alpha value is -2.47. The van der Waals surface area contributed by atoms with Crippen LogP contribution in [0.15, 0.2) is 34.2 Å². The molecular formula is C20H18BrClN6O2S2. The average Bonchev–Trinajstić information content (AvgIpc) is 3.46. The summed E-state index contributed by atoms with van der Waals surface area (Å²) in [5, 5.41) is 14.0. The summed E-state index contributed by atoms with van der Waals surface area (Å²) in [5.74, 6) is 0.347. The lowest BCUT2D eigenvalue weighted by Crippen LogP contribution is -2.13. The van der Waals surface area contributed by atoms with Crippen molar-refractivity contribution in [2.75, 3.05) is 17.7 Å². The highest BCUT2D eigenvalue weighted by Gasteiger charge is 2.19. The molecule has 0 fully saturated rings. The molecule has 0 saturated carbocycles. The summed E-state index contributed by atoms with van der Waals surface area (Å²) in [4.78, 5) is 22.6. The van der Waals surface area contributed by atoms with Gasteiger partial charge in [0.1, 0.15) is 5.75 Å². The maximum atomic E-state index is 12.6. The van der Waals surface area contributed by atoms with E-state index in [0.717, 1.165) is 22.0 Å². The van der Waals surface area contributed by atoms with E-state index in [-0.39, 0.29) is 5.91 Å². The summed E-state index contributed by atoms with van der Waals surface area (Å²) in [6.45, 7) is 4.51. The number of benzene rings is 1. The van der Waals surface area contributed by atoms with Gasteiger partial charge in [-0.2, -0.15) is 5.10 Å². The molecule has 166 valence electrons. The van der Waals surface area contributed by atoms with E-state index < -0.39 is 0 Å². The third-order valence-corrected chi connectivity index (χ3v) is 7.08. The quantitative estimate of drug-likeness (QED) is 0.282. The Morgan fingerprint density at radius 3 is 2.84 bits per heavy atom. The molecular weight excluding hydrogens is 536 g/mol. The molecule has 12 heteroatoms. The van der Waals surface area contributed by atoms with E-state index >= 15 is 0 Å². The van der Waals surface area contributed by atoms with Gasteiger partial charge in [0.2, 0.25) is 0 Å². The number of carbonyl (C=O) groups excluding carboxylic acids is 1. The summed E-state index contributed by atoms with van der Waals surface area (Å²) in [5.41, 5.74) is 2.59. The molecule has 0 aliphatic rings. The van der Waals surface area contributed by atoms with Gasteiger partial charge in [0.25, 0.3) is 5.91 Å². The van der Waals surface area contributed by atoms with Crippen LogP contribution in [0.5, 0.6) is 5.75 Å². The Morgan fingerprint density at radius 2 is 2.12 bits per heavy atom. The number of carbonyl (C=O) groups is 1. The first-order valence-electron chi connectivity index (χ1n) is 9.46. The van der Waals surface area contributed by atoms with E-state index in [1.807, 2.05) is 19.2 Å². The molecule has 0 spiro atoms. The highest BCUT2D eigenvalue weighted by molar-refractivity contribution is 9.10. The zero-order valence-corrected chi connectivity index (χ0v) is 21.2. The molecule has 4 aromatic rings. The second-order valence-corrected chi connectivity index (χ2v) is 9.72. The van der Waals surface area contributed by atoms with Gasteiger partial charge >= 0.3 is 0 Å². The minimum atomic E-state index is -0.321. The van der Waals surface area contributed by atoms with Gasteiger partial charge in [-0.25, -0.2) is 9.97 Å². The molecule has 1 aromatic carbocycles. The standard InChI is InChI=1S/C20H18BrClN6O2S2/c1-4-28-8-12(21)16(27-28)18(29)26-20-23-10(2)17(32-20)14-9-31-19(25-14)24-13-7-11(22)5-6-15(13)30-3/h5-9H,4H2,1-3H3,(H,24,25)(H,23,26,29). The van der Waals surface area contributed by atoms with Gasteiger partial charge in [-0.1, -0.05) is 22.9 Å². The van der Waals surface area contributed by atoms with Gasteiger partial charge in [0.15, 0.2) is 16.0 Å². The minimum Gasteiger partial charge on any atom is -0.495 e. The van der Waals surface area contributed by atoms with E-state index in [1.165, 1.54) is 22.7 Å². The number of amides is 1. The maximum absolute atomic E-state index is 12.6. The molecule has 0 unspecified atom stereocenters. The van der Waals surface area contributed by atoms with E-state index in [4.69, 9.17) is 16.3 Å². The SMILES string of the molecule is CCn1cc(Br)c(C(=O)Nc2nc(C)c(-c3csc(Nc4cc(Cl)ccc4OC)n3)s2)n1. The zero-order valence-electron chi connectivity index (χ0n) is 17.3. The molecule has 0 saturated heterocycles. The zero-order chi connectivity index (χ0) is 22.8.